The van der Waals surface area contributed by atoms with E-state index in [1.165, 1.54) is 15.7 Å². The van der Waals surface area contributed by atoms with Gasteiger partial charge in [-0.15, -0.1) is 0 Å². The molecule has 1 unspecified atom stereocenters. The molecule has 4 heterocycles. The number of hydrogen-bond acceptors (Lipinski definition) is 5. The van der Waals surface area contributed by atoms with Crippen molar-refractivity contribution in [3.8, 4) is 0 Å². The number of hydrogen-bond donors (Lipinski definition) is 1. The second-order valence-corrected chi connectivity index (χ2v) is 16.0. The smallest absolute Gasteiger partial charge is 0.339 e. The number of nitrogens with zero attached hydrogens (tertiary/aromatic N) is 4. The van der Waals surface area contributed by atoms with E-state index in [1.807, 2.05) is 24.3 Å². The van der Waals surface area contributed by atoms with E-state index in [1.54, 1.807) is 12.1 Å². The van der Waals surface area contributed by atoms with Gasteiger partial charge in [0.25, 0.3) is 5.91 Å². The number of amides is 1. The molecule has 15 heteroatoms. The topological polar surface area (TPSA) is 87.5 Å². The molecular formula is C36H37ClF5N5O3S. The van der Waals surface area contributed by atoms with Crippen LogP contribution in [0.4, 0.5) is 27.6 Å². The van der Waals surface area contributed by atoms with Crippen LogP contribution in [0.3, 0.4) is 0 Å². The standard InChI is InChI=1S/C36H37ClF5N5O3S/c1-22-43-31-7-2-3-8-33(31)47(22)27-18-25-9-10-26(19-27)46(25)16-13-35(23-5-4-6-24(38)17-23)11-14-45(15-12-35)34(48)28-20-32(30(39)21-29(28)37)44-51(49,50)36(40,41)42/h2-8,17,20-21,25-27,44H,9-16,18-19H2,1H3/t25-,26+,27?. The lowest BCUT2D eigenvalue weighted by Crippen LogP contribution is -2.49. The van der Waals surface area contributed by atoms with Crippen LogP contribution < -0.4 is 4.72 Å². The average Bonchev–Trinajstić information content (AvgIpc) is 3.54. The fraction of sp³-hybridized carbons (Fsp3) is 0.444. The lowest BCUT2D eigenvalue weighted by Gasteiger charge is -2.45. The van der Waals surface area contributed by atoms with Crippen LogP contribution in [0.5, 0.6) is 0 Å². The number of sulfonamides is 1. The number of aromatic nitrogens is 2. The SMILES string of the molecule is Cc1nc2ccccc2n1C1C[C@H]2CC[C@@H](C1)N2CCC1(c2cccc(F)c2)CCN(C(=O)c2cc(NS(=O)(=O)C(F)(F)F)c(F)cc2Cl)CC1. The molecule has 272 valence electrons. The second kappa shape index (κ2) is 13.3. The van der Waals surface area contributed by atoms with E-state index in [-0.39, 0.29) is 29.5 Å². The summed E-state index contributed by atoms with van der Waals surface area (Å²) in [6.45, 7) is 3.29. The summed E-state index contributed by atoms with van der Waals surface area (Å²) >= 11 is 6.16. The van der Waals surface area contributed by atoms with E-state index < -0.39 is 38.4 Å². The Balaban J connectivity index is 1.08. The Morgan fingerprint density at radius 1 is 0.980 bits per heavy atom. The van der Waals surface area contributed by atoms with Gasteiger partial charge in [0.15, 0.2) is 0 Å². The summed E-state index contributed by atoms with van der Waals surface area (Å²) in [6, 6.07) is 17.2. The van der Waals surface area contributed by atoms with Gasteiger partial charge in [0.05, 0.1) is 27.3 Å². The van der Waals surface area contributed by atoms with Crippen molar-refractivity contribution in [3.05, 3.63) is 94.3 Å². The number of carbonyl (C=O) groups excluding carboxylic acids is 1. The van der Waals surface area contributed by atoms with Crippen molar-refractivity contribution in [2.75, 3.05) is 24.4 Å². The van der Waals surface area contributed by atoms with Gasteiger partial charge >= 0.3 is 15.5 Å². The van der Waals surface area contributed by atoms with E-state index in [9.17, 15) is 35.2 Å². The molecule has 0 saturated carbocycles. The van der Waals surface area contributed by atoms with E-state index in [2.05, 4.69) is 22.5 Å². The number of carbonyl (C=O) groups is 1. The Labute approximate surface area is 297 Å². The maximum Gasteiger partial charge on any atom is 0.516 e. The average molecular weight is 750 g/mol. The van der Waals surface area contributed by atoms with Crippen molar-refractivity contribution in [3.63, 3.8) is 0 Å². The molecule has 3 aromatic carbocycles. The molecule has 8 nitrogen and oxygen atoms in total. The van der Waals surface area contributed by atoms with Crippen LogP contribution in [0.25, 0.3) is 11.0 Å². The minimum atomic E-state index is -5.94. The highest BCUT2D eigenvalue weighted by molar-refractivity contribution is 7.93. The molecular weight excluding hydrogens is 713 g/mol. The summed E-state index contributed by atoms with van der Waals surface area (Å²) in [5.74, 6) is -1.38. The van der Waals surface area contributed by atoms with E-state index in [4.69, 9.17) is 16.6 Å². The van der Waals surface area contributed by atoms with E-state index in [0.29, 0.717) is 43.1 Å². The van der Waals surface area contributed by atoms with Gasteiger partial charge in [-0.1, -0.05) is 35.9 Å². The number of aryl methyl sites for hydroxylation is 1. The number of anilines is 1. The number of imidazole rings is 1. The molecule has 3 aliphatic heterocycles. The zero-order chi connectivity index (χ0) is 36.3. The first-order chi connectivity index (χ1) is 24.2. The molecule has 3 fully saturated rings. The number of benzene rings is 3. The first-order valence-electron chi connectivity index (χ1n) is 17.0. The molecule has 4 aromatic rings. The molecule has 0 spiro atoms. The molecule has 3 atom stereocenters. The summed E-state index contributed by atoms with van der Waals surface area (Å²) in [6.07, 6.45) is 5.88. The van der Waals surface area contributed by atoms with Crippen LogP contribution in [0.1, 0.15) is 72.7 Å². The molecule has 7 rings (SSSR count). The minimum absolute atomic E-state index is 0.217. The molecule has 2 bridgehead atoms. The van der Waals surface area contributed by atoms with Crippen LogP contribution in [-0.4, -0.2) is 70.9 Å². The number of likely N-dealkylation sites (tertiary alicyclic amines) is 1. The molecule has 51 heavy (non-hydrogen) atoms. The number of fused-ring (bicyclic) bond motifs is 3. The third kappa shape index (κ3) is 6.70. The lowest BCUT2D eigenvalue weighted by molar-refractivity contribution is -0.0429. The molecule has 3 aliphatic rings. The van der Waals surface area contributed by atoms with Gasteiger partial charge in [-0.25, -0.2) is 13.8 Å². The van der Waals surface area contributed by atoms with Crippen molar-refractivity contribution >= 4 is 44.3 Å². The Morgan fingerprint density at radius 2 is 1.67 bits per heavy atom. The van der Waals surface area contributed by atoms with Crippen molar-refractivity contribution in [1.82, 2.24) is 19.4 Å². The fourth-order valence-electron chi connectivity index (χ4n) is 8.59. The highest BCUT2D eigenvalue weighted by Crippen LogP contribution is 2.45. The zero-order valence-corrected chi connectivity index (χ0v) is 29.3. The maximum atomic E-state index is 14.6. The number of rotatable bonds is 8. The van der Waals surface area contributed by atoms with Crippen molar-refractivity contribution in [1.29, 1.82) is 0 Å². The third-order valence-electron chi connectivity index (χ3n) is 11.1. The first-order valence-corrected chi connectivity index (χ1v) is 18.8. The molecule has 1 N–H and O–H groups in total. The number of piperidine rings is 2. The molecule has 1 amide bonds. The predicted molar refractivity (Wildman–Crippen MR) is 184 cm³/mol. The van der Waals surface area contributed by atoms with E-state index >= 15 is 0 Å². The molecule has 1 aromatic heterocycles. The Hall–Kier alpha value is -3.75. The summed E-state index contributed by atoms with van der Waals surface area (Å²) in [7, 11) is -5.94. The Kier molecular flexibility index (Phi) is 9.32. The quantitative estimate of drug-likeness (QED) is 0.185. The summed E-state index contributed by atoms with van der Waals surface area (Å²) in [5, 5.41) is -0.368. The second-order valence-electron chi connectivity index (χ2n) is 14.0. The largest absolute Gasteiger partial charge is 0.516 e. The van der Waals surface area contributed by atoms with Gasteiger partial charge in [-0.05, 0) is 106 Å². The highest BCUT2D eigenvalue weighted by atomic mass is 35.5. The lowest BCUT2D eigenvalue weighted by atomic mass is 9.70. The first kappa shape index (κ1) is 35.6. The molecule has 0 radical (unpaired) electrons. The monoisotopic (exact) mass is 749 g/mol. The summed E-state index contributed by atoms with van der Waals surface area (Å²) in [4.78, 5) is 22.5. The number of alkyl halides is 3. The normalized spacial score (nSPS) is 22.4. The number of nitrogens with one attached hydrogen (secondary N) is 1. The maximum absolute atomic E-state index is 14.6. The van der Waals surface area contributed by atoms with Gasteiger partial charge in [-0.2, -0.15) is 21.6 Å². The Morgan fingerprint density at radius 3 is 2.33 bits per heavy atom. The Bertz CT molecular complexity index is 2070. The van der Waals surface area contributed by atoms with Crippen LogP contribution in [0.2, 0.25) is 5.02 Å². The predicted octanol–water partition coefficient (Wildman–Crippen LogP) is 7.97. The molecule has 0 aliphatic carbocycles. The molecule has 3 saturated heterocycles. The van der Waals surface area contributed by atoms with E-state index in [0.717, 1.165) is 61.1 Å². The number of halogens is 6. The van der Waals surface area contributed by atoms with Gasteiger partial charge in [0.1, 0.15) is 17.5 Å². The van der Waals surface area contributed by atoms with Crippen LogP contribution in [-0.2, 0) is 15.4 Å². The highest BCUT2D eigenvalue weighted by Gasteiger charge is 2.47. The zero-order valence-electron chi connectivity index (χ0n) is 27.8. The van der Waals surface area contributed by atoms with Gasteiger partial charge < -0.3 is 9.47 Å². The van der Waals surface area contributed by atoms with Crippen LogP contribution >= 0.6 is 11.6 Å². The van der Waals surface area contributed by atoms with Gasteiger partial charge in [0, 0.05) is 31.2 Å². The number of para-hydroxylation sites is 2. The van der Waals surface area contributed by atoms with Crippen LogP contribution in [0, 0.1) is 18.6 Å². The van der Waals surface area contributed by atoms with Crippen LogP contribution in [0.15, 0.2) is 60.7 Å². The van der Waals surface area contributed by atoms with Crippen molar-refractivity contribution in [2.45, 2.75) is 80.9 Å². The summed E-state index contributed by atoms with van der Waals surface area (Å²) < 4.78 is 95.0. The van der Waals surface area contributed by atoms with Crippen molar-refractivity contribution < 1.29 is 35.2 Å². The van der Waals surface area contributed by atoms with Gasteiger partial charge in [0.2, 0.25) is 0 Å². The van der Waals surface area contributed by atoms with Gasteiger partial charge in [-0.3, -0.25) is 14.4 Å². The third-order valence-corrected chi connectivity index (χ3v) is 12.5. The van der Waals surface area contributed by atoms with Crippen molar-refractivity contribution in [2.24, 2.45) is 0 Å². The fourth-order valence-corrected chi connectivity index (χ4v) is 9.39. The summed E-state index contributed by atoms with van der Waals surface area (Å²) in [5.41, 5.74) is -4.55. The minimum Gasteiger partial charge on any atom is -0.339 e.